The lowest BCUT2D eigenvalue weighted by atomic mass is 10.0. The molecule has 0 bridgehead atoms. The Labute approximate surface area is 102 Å². The summed E-state index contributed by atoms with van der Waals surface area (Å²) >= 11 is 0. The number of phenolic OH excluding ortho intramolecular Hbond substituents is 1. The Balaban J connectivity index is 2.80. The second-order valence-electron chi connectivity index (χ2n) is 4.77. The van der Waals surface area contributed by atoms with E-state index >= 15 is 0 Å². The van der Waals surface area contributed by atoms with Crippen LogP contribution in [0.4, 0.5) is 0 Å². The number of ether oxygens (including phenoxy) is 1. The van der Waals surface area contributed by atoms with Gasteiger partial charge in [0.05, 0.1) is 12.1 Å². The van der Waals surface area contributed by atoms with E-state index in [2.05, 4.69) is 5.32 Å². The van der Waals surface area contributed by atoms with Gasteiger partial charge in [0.15, 0.2) is 0 Å². The zero-order valence-electron chi connectivity index (χ0n) is 10.7. The van der Waals surface area contributed by atoms with Gasteiger partial charge < -0.3 is 15.2 Å². The normalized spacial score (nSPS) is 11.3. The molecule has 0 aliphatic carbocycles. The maximum absolute atomic E-state index is 12.0. The molecule has 0 fully saturated rings. The number of methoxy groups -OCH3 is 1. The fourth-order valence-electron chi connectivity index (χ4n) is 1.57. The molecule has 0 saturated heterocycles. The summed E-state index contributed by atoms with van der Waals surface area (Å²) in [5, 5.41) is 12.3. The Bertz CT molecular complexity index is 413. The zero-order chi connectivity index (χ0) is 13.1. The Morgan fingerprint density at radius 1 is 1.47 bits per heavy atom. The van der Waals surface area contributed by atoms with Gasteiger partial charge in [-0.15, -0.1) is 0 Å². The molecular weight excluding hydrogens is 218 g/mol. The Morgan fingerprint density at radius 3 is 2.65 bits per heavy atom. The lowest BCUT2D eigenvalue weighted by Gasteiger charge is -2.25. The molecule has 1 amide bonds. The number of benzene rings is 1. The lowest BCUT2D eigenvalue weighted by molar-refractivity contribution is 0.0820. The number of hydrogen-bond donors (Lipinski definition) is 2. The van der Waals surface area contributed by atoms with E-state index in [0.717, 1.165) is 0 Å². The number of carbonyl (C=O) groups is 1. The summed E-state index contributed by atoms with van der Waals surface area (Å²) in [6.45, 7) is 5.98. The molecule has 0 unspecified atom stereocenters. The van der Waals surface area contributed by atoms with Gasteiger partial charge in [-0.05, 0) is 44.5 Å². The van der Waals surface area contributed by atoms with E-state index in [9.17, 15) is 9.90 Å². The highest BCUT2D eigenvalue weighted by Gasteiger charge is 2.21. The van der Waals surface area contributed by atoms with Crippen LogP contribution in [0.25, 0.3) is 0 Å². The van der Waals surface area contributed by atoms with Crippen molar-refractivity contribution in [1.29, 1.82) is 0 Å². The average Bonchev–Trinajstić information content (AvgIpc) is 2.21. The molecule has 0 aliphatic heterocycles. The highest BCUT2D eigenvalue weighted by molar-refractivity contribution is 5.95. The molecule has 0 saturated carbocycles. The number of aromatic hydroxyl groups is 1. The standard InChI is InChI=1S/C13H19NO3/c1-9-7-10(5-6-11(9)15)12(16)14-13(2,3)8-17-4/h5-7,15H,8H2,1-4H3,(H,14,16). The van der Waals surface area contributed by atoms with Crippen molar-refractivity contribution in [2.45, 2.75) is 26.3 Å². The molecule has 94 valence electrons. The molecule has 2 N–H and O–H groups in total. The molecule has 17 heavy (non-hydrogen) atoms. The van der Waals surface area contributed by atoms with Crippen LogP contribution < -0.4 is 5.32 Å². The van der Waals surface area contributed by atoms with Crippen molar-refractivity contribution >= 4 is 5.91 Å². The van der Waals surface area contributed by atoms with Gasteiger partial charge in [0.2, 0.25) is 0 Å². The maximum atomic E-state index is 12.0. The molecule has 0 radical (unpaired) electrons. The van der Waals surface area contributed by atoms with Gasteiger partial charge in [-0.2, -0.15) is 0 Å². The van der Waals surface area contributed by atoms with E-state index in [1.165, 1.54) is 6.07 Å². The van der Waals surface area contributed by atoms with Crippen molar-refractivity contribution in [2.24, 2.45) is 0 Å². The van der Waals surface area contributed by atoms with Gasteiger partial charge >= 0.3 is 0 Å². The Hall–Kier alpha value is -1.55. The van der Waals surface area contributed by atoms with Crippen molar-refractivity contribution in [1.82, 2.24) is 5.32 Å². The molecule has 1 aromatic carbocycles. The SMILES string of the molecule is COCC(C)(C)NC(=O)c1ccc(O)c(C)c1. The molecular formula is C13H19NO3. The van der Waals surface area contributed by atoms with Crippen LogP contribution in [0, 0.1) is 6.92 Å². The summed E-state index contributed by atoms with van der Waals surface area (Å²) < 4.78 is 5.03. The zero-order valence-corrected chi connectivity index (χ0v) is 10.7. The number of carbonyl (C=O) groups excluding carboxylic acids is 1. The van der Waals surface area contributed by atoms with Crippen LogP contribution in [0.2, 0.25) is 0 Å². The molecule has 1 aromatic rings. The van der Waals surface area contributed by atoms with Crippen LogP contribution >= 0.6 is 0 Å². The third-order valence-corrected chi connectivity index (χ3v) is 2.42. The largest absolute Gasteiger partial charge is 0.508 e. The van der Waals surface area contributed by atoms with Gasteiger partial charge in [-0.25, -0.2) is 0 Å². The fourth-order valence-corrected chi connectivity index (χ4v) is 1.57. The van der Waals surface area contributed by atoms with Crippen molar-refractivity contribution in [3.05, 3.63) is 29.3 Å². The monoisotopic (exact) mass is 237 g/mol. The van der Waals surface area contributed by atoms with Gasteiger partial charge in [-0.3, -0.25) is 4.79 Å². The summed E-state index contributed by atoms with van der Waals surface area (Å²) in [4.78, 5) is 12.0. The number of nitrogens with one attached hydrogen (secondary N) is 1. The van der Waals surface area contributed by atoms with Gasteiger partial charge in [0.1, 0.15) is 5.75 Å². The summed E-state index contributed by atoms with van der Waals surface area (Å²) in [7, 11) is 1.60. The third-order valence-electron chi connectivity index (χ3n) is 2.42. The lowest BCUT2D eigenvalue weighted by Crippen LogP contribution is -2.46. The molecule has 0 aliphatic rings. The highest BCUT2D eigenvalue weighted by atomic mass is 16.5. The van der Waals surface area contributed by atoms with Crippen LogP contribution in [0.1, 0.15) is 29.8 Å². The van der Waals surface area contributed by atoms with Crippen LogP contribution in [0.5, 0.6) is 5.75 Å². The fraction of sp³-hybridized carbons (Fsp3) is 0.462. The van der Waals surface area contributed by atoms with Crippen LogP contribution in [0.15, 0.2) is 18.2 Å². The summed E-state index contributed by atoms with van der Waals surface area (Å²) in [5.74, 6) is 0.0212. The molecule has 4 nitrogen and oxygen atoms in total. The van der Waals surface area contributed by atoms with E-state index < -0.39 is 5.54 Å². The maximum Gasteiger partial charge on any atom is 0.251 e. The topological polar surface area (TPSA) is 58.6 Å². The van der Waals surface area contributed by atoms with Gasteiger partial charge in [0, 0.05) is 12.7 Å². The van der Waals surface area contributed by atoms with E-state index in [0.29, 0.717) is 17.7 Å². The first-order chi connectivity index (χ1) is 7.85. The number of amides is 1. The van der Waals surface area contributed by atoms with E-state index in [1.54, 1.807) is 26.2 Å². The third kappa shape index (κ3) is 3.75. The number of hydrogen-bond acceptors (Lipinski definition) is 3. The number of aryl methyl sites for hydroxylation is 1. The van der Waals surface area contributed by atoms with Crippen LogP contribution in [-0.2, 0) is 4.74 Å². The summed E-state index contributed by atoms with van der Waals surface area (Å²) in [6.07, 6.45) is 0. The minimum absolute atomic E-state index is 0.171. The Morgan fingerprint density at radius 2 is 2.12 bits per heavy atom. The molecule has 0 heterocycles. The first kappa shape index (κ1) is 13.5. The van der Waals surface area contributed by atoms with Crippen molar-refractivity contribution < 1.29 is 14.6 Å². The van der Waals surface area contributed by atoms with E-state index in [1.807, 2.05) is 13.8 Å². The average molecular weight is 237 g/mol. The van der Waals surface area contributed by atoms with Crippen LogP contribution in [-0.4, -0.2) is 30.3 Å². The quantitative estimate of drug-likeness (QED) is 0.840. The Kier molecular flexibility index (Phi) is 4.12. The number of rotatable bonds is 4. The summed E-state index contributed by atoms with van der Waals surface area (Å²) in [5.41, 5.74) is 0.795. The van der Waals surface area contributed by atoms with E-state index in [-0.39, 0.29) is 11.7 Å². The van der Waals surface area contributed by atoms with E-state index in [4.69, 9.17) is 4.74 Å². The minimum Gasteiger partial charge on any atom is -0.508 e. The molecule has 1 rings (SSSR count). The molecule has 0 aromatic heterocycles. The van der Waals surface area contributed by atoms with Gasteiger partial charge in [-0.1, -0.05) is 0 Å². The molecule has 0 spiro atoms. The van der Waals surface area contributed by atoms with Crippen molar-refractivity contribution in [2.75, 3.05) is 13.7 Å². The first-order valence-corrected chi connectivity index (χ1v) is 5.47. The second-order valence-corrected chi connectivity index (χ2v) is 4.77. The number of phenols is 1. The molecule has 0 atom stereocenters. The predicted molar refractivity (Wildman–Crippen MR) is 66.3 cm³/mol. The summed E-state index contributed by atoms with van der Waals surface area (Å²) in [6, 6.07) is 4.78. The highest BCUT2D eigenvalue weighted by Crippen LogP contribution is 2.17. The van der Waals surface area contributed by atoms with Gasteiger partial charge in [0.25, 0.3) is 5.91 Å². The first-order valence-electron chi connectivity index (χ1n) is 5.47. The second kappa shape index (κ2) is 5.19. The smallest absolute Gasteiger partial charge is 0.251 e. The molecule has 4 heteroatoms. The predicted octanol–water partition coefficient (Wildman–Crippen LogP) is 1.86. The van der Waals surface area contributed by atoms with Crippen LogP contribution in [0.3, 0.4) is 0 Å². The van der Waals surface area contributed by atoms with Crippen molar-refractivity contribution in [3.8, 4) is 5.75 Å². The van der Waals surface area contributed by atoms with Crippen molar-refractivity contribution in [3.63, 3.8) is 0 Å². The minimum atomic E-state index is -0.419.